The second kappa shape index (κ2) is 7.99. The van der Waals surface area contributed by atoms with Crippen molar-refractivity contribution in [2.24, 2.45) is 5.92 Å². The van der Waals surface area contributed by atoms with Gasteiger partial charge >= 0.3 is 0 Å². The van der Waals surface area contributed by atoms with Crippen molar-refractivity contribution >= 4 is 35.0 Å². The van der Waals surface area contributed by atoms with Crippen LogP contribution in [0.4, 0.5) is 8.78 Å². The van der Waals surface area contributed by atoms with Gasteiger partial charge in [-0.1, -0.05) is 23.2 Å². The quantitative estimate of drug-likeness (QED) is 0.607. The Morgan fingerprint density at radius 1 is 1.29 bits per heavy atom. The number of aromatic nitrogens is 3. The van der Waals surface area contributed by atoms with E-state index in [0.29, 0.717) is 28.0 Å². The highest BCUT2D eigenvalue weighted by Crippen LogP contribution is 2.56. The molecule has 2 atom stereocenters. The van der Waals surface area contributed by atoms with Crippen molar-refractivity contribution in [1.82, 2.24) is 19.7 Å². The highest BCUT2D eigenvalue weighted by atomic mass is 35.5. The van der Waals surface area contributed by atoms with Crippen LogP contribution in [0.2, 0.25) is 5.02 Å². The van der Waals surface area contributed by atoms with Crippen LogP contribution in [-0.2, 0) is 11.3 Å². The molecule has 10 heteroatoms. The maximum atomic E-state index is 14.4. The Labute approximate surface area is 193 Å². The number of allylic oxidation sites excluding steroid dienone is 1. The molecule has 0 aliphatic carbocycles. The predicted molar refractivity (Wildman–Crippen MR) is 118 cm³/mol. The molecular weight excluding hydrogens is 465 g/mol. The van der Waals surface area contributed by atoms with E-state index in [2.05, 4.69) is 15.0 Å². The molecule has 0 aromatic carbocycles. The number of nitrogens with zero attached hydrogens (tertiary/aromatic N) is 4. The molecule has 2 aromatic heterocycles. The molecule has 5 rings (SSSR count). The van der Waals surface area contributed by atoms with Gasteiger partial charge in [-0.25, -0.2) is 18.4 Å². The number of fused-ring (bicyclic) bond motifs is 2. The number of hydrogen-bond acceptors (Lipinski definition) is 5. The molecule has 2 fully saturated rings. The number of hydrogen-bond donors (Lipinski definition) is 0. The lowest BCUT2D eigenvalue weighted by Gasteiger charge is -2.51. The summed E-state index contributed by atoms with van der Waals surface area (Å²) in [6.45, 7) is 3.69. The number of likely N-dealkylation sites (tertiary alicyclic amines) is 1. The van der Waals surface area contributed by atoms with Gasteiger partial charge in [-0.15, -0.1) is 11.8 Å². The van der Waals surface area contributed by atoms with Crippen LogP contribution < -0.4 is 0 Å². The lowest BCUT2D eigenvalue weighted by Crippen LogP contribution is -2.61. The van der Waals surface area contributed by atoms with Gasteiger partial charge < -0.3 is 4.74 Å². The van der Waals surface area contributed by atoms with E-state index in [1.807, 2.05) is 13.1 Å². The molecule has 0 saturated carbocycles. The molecule has 5 nitrogen and oxygen atoms in total. The van der Waals surface area contributed by atoms with Crippen LogP contribution >= 0.6 is 35.0 Å². The minimum absolute atomic E-state index is 0.332. The number of pyridine rings is 1. The highest BCUT2D eigenvalue weighted by molar-refractivity contribution is 8.05. The van der Waals surface area contributed by atoms with Crippen LogP contribution in [0.25, 0.3) is 5.82 Å². The first-order chi connectivity index (χ1) is 14.8. The molecule has 2 aromatic rings. The Bertz CT molecular complexity index is 1020. The Hall–Kier alpha value is -1.19. The summed E-state index contributed by atoms with van der Waals surface area (Å²) >= 11 is 13.7. The van der Waals surface area contributed by atoms with Crippen LogP contribution in [0.5, 0.6) is 0 Å². The predicted octanol–water partition coefficient (Wildman–Crippen LogP) is 5.04. The SMILES string of the molecule is Cc1nn(-c2ncccc2Cl)cc1CN1CCC2(CC1)OCC(F)(F)C1C=C(Cl)SC12. The van der Waals surface area contributed by atoms with Crippen molar-refractivity contribution in [3.8, 4) is 5.82 Å². The molecule has 2 saturated heterocycles. The number of halogens is 4. The van der Waals surface area contributed by atoms with Gasteiger partial charge in [0.1, 0.15) is 6.61 Å². The van der Waals surface area contributed by atoms with E-state index < -0.39 is 24.0 Å². The maximum absolute atomic E-state index is 14.4. The largest absolute Gasteiger partial charge is 0.367 e. The Balaban J connectivity index is 1.28. The van der Waals surface area contributed by atoms with Crippen molar-refractivity contribution in [3.63, 3.8) is 0 Å². The third-order valence-electron chi connectivity index (χ3n) is 6.49. The molecule has 166 valence electrons. The van der Waals surface area contributed by atoms with Gasteiger partial charge in [0, 0.05) is 37.6 Å². The lowest BCUT2D eigenvalue weighted by atomic mass is 9.77. The molecule has 3 aliphatic heterocycles. The molecule has 1 spiro atoms. The first kappa shape index (κ1) is 21.6. The summed E-state index contributed by atoms with van der Waals surface area (Å²) in [6.07, 6.45) is 6.57. The Morgan fingerprint density at radius 3 is 2.81 bits per heavy atom. The number of alkyl halides is 2. The van der Waals surface area contributed by atoms with Crippen LogP contribution in [0.15, 0.2) is 35.0 Å². The molecule has 2 unspecified atom stereocenters. The van der Waals surface area contributed by atoms with E-state index in [-0.39, 0.29) is 5.25 Å². The third kappa shape index (κ3) is 3.91. The fraction of sp³-hybridized carbons (Fsp3) is 0.524. The van der Waals surface area contributed by atoms with Gasteiger partial charge in [-0.3, -0.25) is 4.90 Å². The van der Waals surface area contributed by atoms with Crippen LogP contribution in [-0.4, -0.2) is 56.1 Å². The summed E-state index contributed by atoms with van der Waals surface area (Å²) in [4.78, 5) is 6.63. The standard InChI is InChI=1S/C21H22Cl2F2N4OS/c1-13-14(11-29(27-13)19-16(22)3-2-6-26-19)10-28-7-4-20(5-8-28)18-15(9-17(23)31-18)21(24,25)12-30-20/h2-3,6,9,11,15,18H,4-5,7-8,10,12H2,1H3. The number of aryl methyl sites for hydroxylation is 1. The zero-order chi connectivity index (χ0) is 21.8. The smallest absolute Gasteiger partial charge is 0.278 e. The van der Waals surface area contributed by atoms with Crippen molar-refractivity contribution in [2.75, 3.05) is 19.7 Å². The molecular formula is C21H22Cl2F2N4OS. The van der Waals surface area contributed by atoms with Crippen molar-refractivity contribution < 1.29 is 13.5 Å². The number of rotatable bonds is 3. The molecule has 0 N–H and O–H groups in total. The van der Waals surface area contributed by atoms with Gasteiger partial charge in [0.25, 0.3) is 5.92 Å². The summed E-state index contributed by atoms with van der Waals surface area (Å²) in [5.74, 6) is -3.12. The Morgan fingerprint density at radius 2 is 2.06 bits per heavy atom. The Kier molecular flexibility index (Phi) is 5.58. The third-order valence-corrected chi connectivity index (χ3v) is 8.51. The van der Waals surface area contributed by atoms with Gasteiger partial charge in [0.05, 0.1) is 31.8 Å². The van der Waals surface area contributed by atoms with Gasteiger partial charge in [-0.05, 0) is 38.0 Å². The number of piperidine rings is 1. The van der Waals surface area contributed by atoms with Crippen molar-refractivity contribution in [2.45, 2.75) is 43.1 Å². The van der Waals surface area contributed by atoms with Crippen molar-refractivity contribution in [3.05, 3.63) is 51.2 Å². The van der Waals surface area contributed by atoms with Gasteiger partial charge in [0.2, 0.25) is 0 Å². The van der Waals surface area contributed by atoms with Crippen LogP contribution in [0.3, 0.4) is 0 Å². The van der Waals surface area contributed by atoms with E-state index in [4.69, 9.17) is 27.9 Å². The van der Waals surface area contributed by atoms with Crippen LogP contribution in [0.1, 0.15) is 24.1 Å². The molecule has 5 heterocycles. The lowest BCUT2D eigenvalue weighted by molar-refractivity contribution is -0.215. The molecule has 0 radical (unpaired) electrons. The van der Waals surface area contributed by atoms with E-state index in [1.54, 1.807) is 23.0 Å². The average molecular weight is 487 g/mol. The summed E-state index contributed by atoms with van der Waals surface area (Å²) < 4.78 is 36.8. The van der Waals surface area contributed by atoms with E-state index >= 15 is 0 Å². The number of thioether (sulfide) groups is 1. The first-order valence-corrected chi connectivity index (χ1v) is 11.9. The zero-order valence-electron chi connectivity index (χ0n) is 16.9. The summed E-state index contributed by atoms with van der Waals surface area (Å²) in [7, 11) is 0. The molecule has 31 heavy (non-hydrogen) atoms. The highest BCUT2D eigenvalue weighted by Gasteiger charge is 2.60. The topological polar surface area (TPSA) is 43.2 Å². The zero-order valence-corrected chi connectivity index (χ0v) is 19.2. The van der Waals surface area contributed by atoms with Gasteiger partial charge in [0.15, 0.2) is 5.82 Å². The van der Waals surface area contributed by atoms with Crippen molar-refractivity contribution in [1.29, 1.82) is 0 Å². The maximum Gasteiger partial charge on any atom is 0.278 e. The fourth-order valence-electron chi connectivity index (χ4n) is 4.72. The molecule has 3 aliphatic rings. The summed E-state index contributed by atoms with van der Waals surface area (Å²) in [5, 5.41) is 4.78. The monoisotopic (exact) mass is 486 g/mol. The van der Waals surface area contributed by atoms with E-state index in [1.165, 1.54) is 17.8 Å². The summed E-state index contributed by atoms with van der Waals surface area (Å²) in [5.41, 5.74) is 1.45. The summed E-state index contributed by atoms with van der Waals surface area (Å²) in [6, 6.07) is 3.57. The van der Waals surface area contributed by atoms with E-state index in [0.717, 1.165) is 30.9 Å². The first-order valence-electron chi connectivity index (χ1n) is 10.2. The molecule has 0 bridgehead atoms. The van der Waals surface area contributed by atoms with Gasteiger partial charge in [-0.2, -0.15) is 5.10 Å². The minimum Gasteiger partial charge on any atom is -0.367 e. The fourth-order valence-corrected chi connectivity index (χ4v) is 6.77. The van der Waals surface area contributed by atoms with E-state index in [9.17, 15) is 8.78 Å². The molecule has 0 amide bonds. The second-order valence-corrected chi connectivity index (χ2v) is 10.6. The van der Waals surface area contributed by atoms with Crippen LogP contribution in [0, 0.1) is 12.8 Å². The number of ether oxygens (including phenoxy) is 1. The minimum atomic E-state index is -2.87. The average Bonchev–Trinajstić information content (AvgIpc) is 3.31. The second-order valence-electron chi connectivity index (χ2n) is 8.42. The normalized spacial score (nSPS) is 27.3.